The minimum atomic E-state index is -4.19. The third kappa shape index (κ3) is 4.23. The van der Waals surface area contributed by atoms with Gasteiger partial charge in [-0.1, -0.05) is 48.0 Å². The summed E-state index contributed by atoms with van der Waals surface area (Å²) in [6.07, 6.45) is 0. The average Bonchev–Trinajstić information content (AvgIpc) is 2.49. The van der Waals surface area contributed by atoms with Gasteiger partial charge in [-0.2, -0.15) is 0 Å². The molecule has 0 saturated carbocycles. The van der Waals surface area contributed by atoms with Crippen molar-refractivity contribution in [2.24, 2.45) is 0 Å². The van der Waals surface area contributed by atoms with E-state index in [9.17, 15) is 22.3 Å². The Morgan fingerprint density at radius 2 is 1.79 bits per heavy atom. The van der Waals surface area contributed by atoms with Crippen LogP contribution in [-0.4, -0.2) is 26.0 Å². The molecule has 0 saturated heterocycles. The van der Waals surface area contributed by atoms with Gasteiger partial charge in [0.15, 0.2) is 5.75 Å². The molecule has 0 amide bonds. The number of alkyl halides is 2. The molecule has 0 aliphatic rings. The molecule has 0 fully saturated rings. The molecule has 1 unspecified atom stereocenters. The van der Waals surface area contributed by atoms with Crippen molar-refractivity contribution in [3.05, 3.63) is 59.1 Å². The van der Waals surface area contributed by atoms with E-state index in [0.717, 1.165) is 13.0 Å². The molecule has 0 bridgehead atoms. The van der Waals surface area contributed by atoms with Crippen molar-refractivity contribution in [3.63, 3.8) is 0 Å². The second-order valence-corrected chi connectivity index (χ2v) is 7.50. The summed E-state index contributed by atoms with van der Waals surface area (Å²) in [5, 5.41) is 9.64. The second kappa shape index (κ2) is 7.04. The van der Waals surface area contributed by atoms with Crippen molar-refractivity contribution in [1.29, 1.82) is 0 Å². The normalized spacial score (nSPS) is 13.7. The molecular weight excluding hydrogens is 360 g/mol. The molecule has 0 spiro atoms. The minimum Gasteiger partial charge on any atom is -0.505 e. The standard InChI is InChI=1S/C16H16ClF2NO3S/c1-16(18,19)12(11-6-3-2-4-7-11)10-20-24(22,23)14-9-5-8-13(17)15(14)21/h2-9,12,20-21H,10H2,1H3. The monoisotopic (exact) mass is 375 g/mol. The number of para-hydroxylation sites is 1. The van der Waals surface area contributed by atoms with Crippen LogP contribution in [-0.2, 0) is 10.0 Å². The van der Waals surface area contributed by atoms with Crippen LogP contribution in [0, 0.1) is 0 Å². The molecule has 2 rings (SSSR count). The molecule has 0 radical (unpaired) electrons. The van der Waals surface area contributed by atoms with Gasteiger partial charge in [0, 0.05) is 13.5 Å². The molecular formula is C16H16ClF2NO3S. The molecule has 0 heterocycles. The molecule has 4 nitrogen and oxygen atoms in total. The molecule has 0 aliphatic carbocycles. The van der Waals surface area contributed by atoms with E-state index in [4.69, 9.17) is 11.6 Å². The maximum atomic E-state index is 13.9. The zero-order chi connectivity index (χ0) is 18.0. The van der Waals surface area contributed by atoms with Crippen LogP contribution in [0.4, 0.5) is 8.78 Å². The van der Waals surface area contributed by atoms with Gasteiger partial charge in [0.1, 0.15) is 4.90 Å². The number of hydrogen-bond donors (Lipinski definition) is 2. The van der Waals surface area contributed by atoms with Crippen molar-refractivity contribution in [1.82, 2.24) is 4.72 Å². The summed E-state index contributed by atoms with van der Waals surface area (Å²) in [5.74, 6) is -5.11. The summed E-state index contributed by atoms with van der Waals surface area (Å²) in [4.78, 5) is -0.457. The van der Waals surface area contributed by atoms with Crippen molar-refractivity contribution in [2.45, 2.75) is 23.7 Å². The number of phenolic OH excluding ortho intramolecular Hbond substituents is 1. The second-order valence-electron chi connectivity index (χ2n) is 5.36. The van der Waals surface area contributed by atoms with E-state index in [1.54, 1.807) is 18.2 Å². The summed E-state index contributed by atoms with van der Waals surface area (Å²) in [6, 6.07) is 11.7. The Kier molecular flexibility index (Phi) is 5.47. The van der Waals surface area contributed by atoms with Gasteiger partial charge in [-0.05, 0) is 17.7 Å². The zero-order valence-electron chi connectivity index (χ0n) is 12.7. The molecule has 1 atom stereocenters. The first-order chi connectivity index (χ1) is 11.1. The molecule has 2 aromatic rings. The summed E-state index contributed by atoms with van der Waals surface area (Å²) in [7, 11) is -4.19. The Bertz CT molecular complexity index is 808. The fourth-order valence-corrected chi connectivity index (χ4v) is 3.65. The molecule has 8 heteroatoms. The number of benzene rings is 2. The Morgan fingerprint density at radius 1 is 1.17 bits per heavy atom. The van der Waals surface area contributed by atoms with Crippen LogP contribution in [0.5, 0.6) is 5.75 Å². The van der Waals surface area contributed by atoms with Crippen molar-refractivity contribution >= 4 is 21.6 Å². The molecule has 2 aromatic carbocycles. The number of nitrogens with one attached hydrogen (secondary N) is 1. The first-order valence-electron chi connectivity index (χ1n) is 7.03. The average molecular weight is 376 g/mol. The lowest BCUT2D eigenvalue weighted by Crippen LogP contribution is -2.35. The summed E-state index contributed by atoms with van der Waals surface area (Å²) in [5.41, 5.74) is 0.308. The fraction of sp³-hybridized carbons (Fsp3) is 0.250. The van der Waals surface area contributed by atoms with Gasteiger partial charge >= 0.3 is 0 Å². The van der Waals surface area contributed by atoms with Crippen molar-refractivity contribution in [3.8, 4) is 5.75 Å². The molecule has 2 N–H and O–H groups in total. The number of sulfonamides is 1. The predicted molar refractivity (Wildman–Crippen MR) is 88.1 cm³/mol. The highest BCUT2D eigenvalue weighted by Crippen LogP contribution is 2.34. The Labute approximate surface area is 144 Å². The van der Waals surface area contributed by atoms with E-state index in [1.807, 2.05) is 0 Å². The fourth-order valence-electron chi connectivity index (χ4n) is 2.26. The Hall–Kier alpha value is -1.70. The summed E-state index contributed by atoms with van der Waals surface area (Å²) in [6.45, 7) is 0.206. The van der Waals surface area contributed by atoms with Crippen LogP contribution < -0.4 is 4.72 Å². The van der Waals surface area contributed by atoms with Crippen LogP contribution >= 0.6 is 11.6 Å². The highest BCUT2D eigenvalue weighted by molar-refractivity contribution is 7.89. The molecule has 130 valence electrons. The van der Waals surface area contributed by atoms with Crippen LogP contribution in [0.2, 0.25) is 5.02 Å². The number of halogens is 3. The summed E-state index contributed by atoms with van der Waals surface area (Å²) >= 11 is 5.69. The van der Waals surface area contributed by atoms with E-state index in [1.165, 1.54) is 24.3 Å². The van der Waals surface area contributed by atoms with Crippen molar-refractivity contribution < 1.29 is 22.3 Å². The summed E-state index contributed by atoms with van der Waals surface area (Å²) < 4.78 is 54.5. The first kappa shape index (κ1) is 18.6. The Morgan fingerprint density at radius 3 is 2.38 bits per heavy atom. The van der Waals surface area contributed by atoms with Crippen LogP contribution in [0.1, 0.15) is 18.4 Å². The van der Waals surface area contributed by atoms with E-state index in [2.05, 4.69) is 4.72 Å². The number of aromatic hydroxyl groups is 1. The van der Waals surface area contributed by atoms with Gasteiger partial charge in [-0.25, -0.2) is 21.9 Å². The van der Waals surface area contributed by atoms with Gasteiger partial charge in [0.25, 0.3) is 5.92 Å². The number of rotatable bonds is 6. The van der Waals surface area contributed by atoms with E-state index in [-0.39, 0.29) is 5.02 Å². The van der Waals surface area contributed by atoms with E-state index >= 15 is 0 Å². The quantitative estimate of drug-likeness (QED) is 0.807. The van der Waals surface area contributed by atoms with Gasteiger partial charge in [-0.15, -0.1) is 0 Å². The number of hydrogen-bond acceptors (Lipinski definition) is 3. The van der Waals surface area contributed by atoms with Gasteiger partial charge < -0.3 is 5.11 Å². The van der Waals surface area contributed by atoms with Gasteiger partial charge in [0.2, 0.25) is 10.0 Å². The smallest absolute Gasteiger partial charge is 0.253 e. The first-order valence-corrected chi connectivity index (χ1v) is 8.89. The lowest BCUT2D eigenvalue weighted by Gasteiger charge is -2.24. The lowest BCUT2D eigenvalue weighted by molar-refractivity contribution is -0.00619. The molecule has 0 aromatic heterocycles. The van der Waals surface area contributed by atoms with Crippen LogP contribution in [0.3, 0.4) is 0 Å². The van der Waals surface area contributed by atoms with E-state index in [0.29, 0.717) is 5.56 Å². The van der Waals surface area contributed by atoms with Gasteiger partial charge in [-0.3, -0.25) is 0 Å². The van der Waals surface area contributed by atoms with Crippen molar-refractivity contribution in [2.75, 3.05) is 6.54 Å². The number of phenols is 1. The minimum absolute atomic E-state index is 0.140. The van der Waals surface area contributed by atoms with Gasteiger partial charge in [0.05, 0.1) is 10.9 Å². The molecule has 0 aliphatic heterocycles. The zero-order valence-corrected chi connectivity index (χ0v) is 14.3. The third-order valence-electron chi connectivity index (χ3n) is 3.53. The maximum Gasteiger partial charge on any atom is 0.253 e. The maximum absolute atomic E-state index is 13.9. The lowest BCUT2D eigenvalue weighted by atomic mass is 9.94. The van der Waals surface area contributed by atoms with Crippen LogP contribution in [0.15, 0.2) is 53.4 Å². The highest BCUT2D eigenvalue weighted by atomic mass is 35.5. The third-order valence-corrected chi connectivity index (χ3v) is 5.29. The van der Waals surface area contributed by atoms with E-state index < -0.39 is 39.1 Å². The topological polar surface area (TPSA) is 66.4 Å². The largest absolute Gasteiger partial charge is 0.505 e. The Balaban J connectivity index is 2.27. The highest BCUT2D eigenvalue weighted by Gasteiger charge is 2.36. The molecule has 24 heavy (non-hydrogen) atoms. The van der Waals surface area contributed by atoms with Crippen LogP contribution in [0.25, 0.3) is 0 Å². The SMILES string of the molecule is CC(F)(F)C(CNS(=O)(=O)c1cccc(Cl)c1O)c1ccccc1. The predicted octanol–water partition coefficient (Wildman–Crippen LogP) is 3.76.